The van der Waals surface area contributed by atoms with E-state index in [1.807, 2.05) is 49.4 Å². The van der Waals surface area contributed by atoms with Crippen LogP contribution in [0.5, 0.6) is 0 Å². The Balaban J connectivity index is 1.71. The molecule has 4 N–H and O–H groups in total. The number of methoxy groups -OCH3 is 1. The maximum Gasteiger partial charge on any atom is 0.242 e. The molecule has 0 bridgehead atoms. The van der Waals surface area contributed by atoms with Crippen LogP contribution in [0.4, 0.5) is 0 Å². The number of benzene rings is 3. The normalized spacial score (nSPS) is 13.5. The quantitative estimate of drug-likeness (QED) is 0.209. The van der Waals surface area contributed by atoms with Crippen LogP contribution >= 0.6 is 0 Å². The summed E-state index contributed by atoms with van der Waals surface area (Å²) >= 11 is 0. The average Bonchev–Trinajstić information content (AvgIpc) is 2.94. The van der Waals surface area contributed by atoms with Crippen molar-refractivity contribution in [1.82, 2.24) is 20.7 Å². The molecule has 0 aliphatic heterocycles. The van der Waals surface area contributed by atoms with E-state index in [-0.39, 0.29) is 23.3 Å². The molecule has 2 atom stereocenters. The van der Waals surface area contributed by atoms with Gasteiger partial charge in [-0.1, -0.05) is 60.7 Å². The highest BCUT2D eigenvalue weighted by molar-refractivity contribution is 7.89. The molecule has 0 heterocycles. The van der Waals surface area contributed by atoms with Crippen LogP contribution in [0, 0.1) is 0 Å². The lowest BCUT2D eigenvalue weighted by Gasteiger charge is -2.28. The summed E-state index contributed by atoms with van der Waals surface area (Å²) in [5.74, 6) is -0.948. The third-order valence-corrected chi connectivity index (χ3v) is 8.22. The minimum atomic E-state index is -3.96. The molecule has 0 aliphatic rings. The molecule has 216 valence electrons. The summed E-state index contributed by atoms with van der Waals surface area (Å²) in [5.41, 5.74) is -0.643. The van der Waals surface area contributed by atoms with Crippen LogP contribution in [0.25, 0.3) is 10.8 Å². The fourth-order valence-electron chi connectivity index (χ4n) is 4.13. The van der Waals surface area contributed by atoms with E-state index >= 15 is 0 Å². The van der Waals surface area contributed by atoms with Crippen molar-refractivity contribution >= 4 is 32.6 Å². The summed E-state index contributed by atoms with van der Waals surface area (Å²) in [4.78, 5) is 26.7. The lowest BCUT2D eigenvalue weighted by molar-refractivity contribution is -0.131. The summed E-state index contributed by atoms with van der Waals surface area (Å²) in [5, 5.41) is 11.1. The molecule has 3 aromatic carbocycles. The first-order chi connectivity index (χ1) is 19.0. The molecule has 10 heteroatoms. The standard InChI is InChI=1S/C30H40N4O5S/c1-22(39-4)21-31-17-10-18-32-28(35)27(20-23-15-16-24-11-8-9-12-25(24)19-23)33-29(36)30(2,3)34-40(37,38)26-13-6-5-7-14-26/h5-9,11-16,19,22,27,31,34H,10,17-18,20-21H2,1-4H3,(H,32,35)(H,33,36)/t22-,27-/m1/s1. The van der Waals surface area contributed by atoms with Gasteiger partial charge in [0, 0.05) is 26.6 Å². The molecule has 2 amide bonds. The zero-order valence-electron chi connectivity index (χ0n) is 23.6. The van der Waals surface area contributed by atoms with E-state index in [1.165, 1.54) is 26.0 Å². The minimum Gasteiger partial charge on any atom is -0.380 e. The summed E-state index contributed by atoms with van der Waals surface area (Å²) in [6.45, 7) is 6.74. The molecule has 3 rings (SSSR count). The van der Waals surface area contributed by atoms with E-state index in [0.29, 0.717) is 26.1 Å². The van der Waals surface area contributed by atoms with Crippen LogP contribution in [-0.2, 0) is 30.8 Å². The highest BCUT2D eigenvalue weighted by Crippen LogP contribution is 2.18. The van der Waals surface area contributed by atoms with Crippen molar-refractivity contribution in [1.29, 1.82) is 0 Å². The van der Waals surface area contributed by atoms with Gasteiger partial charge >= 0.3 is 0 Å². The number of amides is 2. The highest BCUT2D eigenvalue weighted by Gasteiger charge is 2.35. The second-order valence-electron chi connectivity index (χ2n) is 10.4. The molecule has 0 aliphatic carbocycles. The fourth-order valence-corrected chi connectivity index (χ4v) is 5.52. The van der Waals surface area contributed by atoms with E-state index in [2.05, 4.69) is 20.7 Å². The summed E-state index contributed by atoms with van der Waals surface area (Å²) in [7, 11) is -2.30. The smallest absolute Gasteiger partial charge is 0.242 e. The molecule has 0 unspecified atom stereocenters. The van der Waals surface area contributed by atoms with Gasteiger partial charge in [0.1, 0.15) is 11.6 Å². The number of sulfonamides is 1. The lowest BCUT2D eigenvalue weighted by atomic mass is 9.99. The number of hydrogen-bond donors (Lipinski definition) is 4. The second kappa shape index (κ2) is 14.4. The van der Waals surface area contributed by atoms with Gasteiger partial charge in [0.15, 0.2) is 0 Å². The third kappa shape index (κ3) is 9.12. The Kier molecular flexibility index (Phi) is 11.2. The highest BCUT2D eigenvalue weighted by atomic mass is 32.2. The van der Waals surface area contributed by atoms with Gasteiger partial charge in [0.2, 0.25) is 21.8 Å². The SMILES string of the molecule is CO[C@H](C)CNCCCNC(=O)[C@@H](Cc1ccc2ccccc2c1)NC(=O)C(C)(C)NS(=O)(=O)c1ccccc1. The first-order valence-corrected chi connectivity index (χ1v) is 14.9. The fraction of sp³-hybridized carbons (Fsp3) is 0.400. The van der Waals surface area contributed by atoms with Gasteiger partial charge in [0.05, 0.1) is 11.0 Å². The molecule has 0 saturated heterocycles. The number of ether oxygens (including phenoxy) is 1. The Bertz CT molecular complexity index is 1380. The van der Waals surface area contributed by atoms with E-state index < -0.39 is 27.5 Å². The minimum absolute atomic E-state index is 0.0508. The molecule has 0 aromatic heterocycles. The Hall–Kier alpha value is -3.31. The van der Waals surface area contributed by atoms with Crippen LogP contribution in [0.1, 0.15) is 32.8 Å². The van der Waals surface area contributed by atoms with Gasteiger partial charge in [0.25, 0.3) is 0 Å². The molecular formula is C30H40N4O5S. The molecule has 0 spiro atoms. The van der Waals surface area contributed by atoms with E-state index in [1.54, 1.807) is 25.3 Å². The number of rotatable bonds is 15. The predicted molar refractivity (Wildman–Crippen MR) is 157 cm³/mol. The molecule has 0 saturated carbocycles. The van der Waals surface area contributed by atoms with Crippen molar-refractivity contribution in [2.45, 2.75) is 56.2 Å². The lowest BCUT2D eigenvalue weighted by Crippen LogP contribution is -2.59. The van der Waals surface area contributed by atoms with Crippen LogP contribution in [-0.4, -0.2) is 64.7 Å². The Labute approximate surface area is 237 Å². The van der Waals surface area contributed by atoms with Crippen molar-refractivity contribution in [2.24, 2.45) is 0 Å². The van der Waals surface area contributed by atoms with Gasteiger partial charge in [-0.2, -0.15) is 4.72 Å². The van der Waals surface area contributed by atoms with Crippen molar-refractivity contribution in [3.63, 3.8) is 0 Å². The van der Waals surface area contributed by atoms with Gasteiger partial charge in [-0.05, 0) is 62.2 Å². The maximum atomic E-state index is 13.4. The monoisotopic (exact) mass is 568 g/mol. The van der Waals surface area contributed by atoms with Crippen molar-refractivity contribution in [3.05, 3.63) is 78.4 Å². The van der Waals surface area contributed by atoms with Crippen molar-refractivity contribution in [2.75, 3.05) is 26.7 Å². The number of nitrogens with one attached hydrogen (secondary N) is 4. The summed E-state index contributed by atoms with van der Waals surface area (Å²) in [6, 6.07) is 20.7. The van der Waals surface area contributed by atoms with E-state index in [0.717, 1.165) is 16.3 Å². The zero-order chi connectivity index (χ0) is 29.2. The predicted octanol–water partition coefficient (Wildman–Crippen LogP) is 2.76. The van der Waals surface area contributed by atoms with Crippen LogP contribution in [0.15, 0.2) is 77.7 Å². The van der Waals surface area contributed by atoms with Crippen molar-refractivity contribution in [3.8, 4) is 0 Å². The van der Waals surface area contributed by atoms with E-state index in [4.69, 9.17) is 4.74 Å². The number of carbonyl (C=O) groups excluding carboxylic acids is 2. The van der Waals surface area contributed by atoms with Crippen LogP contribution in [0.3, 0.4) is 0 Å². The number of hydrogen-bond acceptors (Lipinski definition) is 6. The summed E-state index contributed by atoms with van der Waals surface area (Å²) in [6.07, 6.45) is 1.04. The van der Waals surface area contributed by atoms with Gasteiger partial charge in [-0.25, -0.2) is 8.42 Å². The molecule has 0 fully saturated rings. The van der Waals surface area contributed by atoms with Gasteiger partial charge in [-0.15, -0.1) is 0 Å². The second-order valence-corrected chi connectivity index (χ2v) is 12.0. The summed E-state index contributed by atoms with van der Waals surface area (Å²) < 4.78 is 33.5. The van der Waals surface area contributed by atoms with Crippen molar-refractivity contribution < 1.29 is 22.7 Å². The first-order valence-electron chi connectivity index (χ1n) is 13.4. The van der Waals surface area contributed by atoms with Gasteiger partial charge in [-0.3, -0.25) is 9.59 Å². The Morgan fingerprint density at radius 2 is 1.60 bits per heavy atom. The topological polar surface area (TPSA) is 126 Å². The Morgan fingerprint density at radius 1 is 0.925 bits per heavy atom. The zero-order valence-corrected chi connectivity index (χ0v) is 24.4. The number of fused-ring (bicyclic) bond motifs is 1. The maximum absolute atomic E-state index is 13.4. The van der Waals surface area contributed by atoms with Crippen LogP contribution in [0.2, 0.25) is 0 Å². The van der Waals surface area contributed by atoms with Gasteiger partial charge < -0.3 is 20.7 Å². The molecule has 3 aromatic rings. The molecule has 40 heavy (non-hydrogen) atoms. The average molecular weight is 569 g/mol. The van der Waals surface area contributed by atoms with Crippen LogP contribution < -0.4 is 20.7 Å². The third-order valence-electron chi connectivity index (χ3n) is 6.55. The molecular weight excluding hydrogens is 528 g/mol. The van der Waals surface area contributed by atoms with E-state index in [9.17, 15) is 18.0 Å². The largest absolute Gasteiger partial charge is 0.380 e. The number of carbonyl (C=O) groups is 2. The molecule has 0 radical (unpaired) electrons. The molecule has 9 nitrogen and oxygen atoms in total. The Morgan fingerprint density at radius 3 is 2.30 bits per heavy atom. The first kappa shape index (κ1) is 31.2.